The first-order valence-electron chi connectivity index (χ1n) is 8.55. The predicted molar refractivity (Wildman–Crippen MR) is 98.5 cm³/mol. The lowest BCUT2D eigenvalue weighted by molar-refractivity contribution is 0.0793. The van der Waals surface area contributed by atoms with Gasteiger partial charge in [0.1, 0.15) is 11.5 Å². The molecule has 5 heteroatoms. The van der Waals surface area contributed by atoms with Gasteiger partial charge in [-0.15, -0.1) is 0 Å². The molecule has 1 fully saturated rings. The SMILES string of the molecule is COc1ccc(OC)c(CNc2ccc(C(=O)N3CCCC3)cc2)c1. The highest BCUT2D eigenvalue weighted by molar-refractivity contribution is 5.94. The zero-order chi connectivity index (χ0) is 17.6. The quantitative estimate of drug-likeness (QED) is 0.874. The molecule has 0 aromatic heterocycles. The lowest BCUT2D eigenvalue weighted by Gasteiger charge is -2.16. The van der Waals surface area contributed by atoms with Crippen LogP contribution in [-0.4, -0.2) is 38.1 Å². The van der Waals surface area contributed by atoms with Gasteiger partial charge in [-0.2, -0.15) is 0 Å². The van der Waals surface area contributed by atoms with Crippen molar-refractivity contribution in [3.05, 3.63) is 53.6 Å². The molecular weight excluding hydrogens is 316 g/mol. The summed E-state index contributed by atoms with van der Waals surface area (Å²) in [5.41, 5.74) is 2.72. The van der Waals surface area contributed by atoms with Crippen LogP contribution in [0.25, 0.3) is 0 Å². The fourth-order valence-electron chi connectivity index (χ4n) is 3.05. The average Bonchev–Trinajstić information content (AvgIpc) is 3.20. The standard InChI is InChI=1S/C20H24N2O3/c1-24-18-9-10-19(25-2)16(13-18)14-21-17-7-5-15(6-8-17)20(23)22-11-3-4-12-22/h5-10,13,21H,3-4,11-12,14H2,1-2H3. The van der Waals surface area contributed by atoms with Crippen LogP contribution in [0.15, 0.2) is 42.5 Å². The fraction of sp³-hybridized carbons (Fsp3) is 0.350. The second-order valence-electron chi connectivity index (χ2n) is 6.11. The molecule has 1 N–H and O–H groups in total. The first-order chi connectivity index (χ1) is 12.2. The van der Waals surface area contributed by atoms with Crippen LogP contribution in [0.3, 0.4) is 0 Å². The number of hydrogen-bond acceptors (Lipinski definition) is 4. The van der Waals surface area contributed by atoms with E-state index in [1.807, 2.05) is 47.4 Å². The Morgan fingerprint density at radius 3 is 2.40 bits per heavy atom. The van der Waals surface area contributed by atoms with Crippen molar-refractivity contribution in [1.82, 2.24) is 4.90 Å². The highest BCUT2D eigenvalue weighted by Crippen LogP contribution is 2.25. The first-order valence-corrected chi connectivity index (χ1v) is 8.55. The van der Waals surface area contributed by atoms with E-state index >= 15 is 0 Å². The lowest BCUT2D eigenvalue weighted by Crippen LogP contribution is -2.27. The van der Waals surface area contributed by atoms with Crippen molar-refractivity contribution in [2.24, 2.45) is 0 Å². The van der Waals surface area contributed by atoms with E-state index < -0.39 is 0 Å². The highest BCUT2D eigenvalue weighted by atomic mass is 16.5. The van der Waals surface area contributed by atoms with Gasteiger partial charge in [-0.25, -0.2) is 0 Å². The Bertz CT molecular complexity index is 722. The molecule has 1 heterocycles. The van der Waals surface area contributed by atoms with Crippen molar-refractivity contribution >= 4 is 11.6 Å². The van der Waals surface area contributed by atoms with Crippen molar-refractivity contribution in [3.63, 3.8) is 0 Å². The Morgan fingerprint density at radius 1 is 1.04 bits per heavy atom. The number of carbonyl (C=O) groups is 1. The lowest BCUT2D eigenvalue weighted by atomic mass is 10.1. The van der Waals surface area contributed by atoms with Gasteiger partial charge in [0.25, 0.3) is 5.91 Å². The Morgan fingerprint density at radius 2 is 1.76 bits per heavy atom. The number of ether oxygens (including phenoxy) is 2. The number of rotatable bonds is 6. The molecule has 0 saturated carbocycles. The van der Waals surface area contributed by atoms with Gasteiger partial charge in [-0.3, -0.25) is 4.79 Å². The van der Waals surface area contributed by atoms with Crippen LogP contribution >= 0.6 is 0 Å². The van der Waals surface area contributed by atoms with E-state index in [0.717, 1.165) is 54.2 Å². The third-order valence-corrected chi connectivity index (χ3v) is 4.50. The van der Waals surface area contributed by atoms with Gasteiger partial charge in [0.2, 0.25) is 0 Å². The van der Waals surface area contributed by atoms with Gasteiger partial charge < -0.3 is 19.7 Å². The number of nitrogens with one attached hydrogen (secondary N) is 1. The Hall–Kier alpha value is -2.69. The minimum atomic E-state index is 0.124. The molecule has 2 aromatic carbocycles. The van der Waals surface area contributed by atoms with Gasteiger partial charge in [-0.05, 0) is 55.3 Å². The molecule has 1 aliphatic rings. The summed E-state index contributed by atoms with van der Waals surface area (Å²) in [7, 11) is 3.30. The Balaban J connectivity index is 1.65. The van der Waals surface area contributed by atoms with Gasteiger partial charge in [-0.1, -0.05) is 0 Å². The molecule has 25 heavy (non-hydrogen) atoms. The number of methoxy groups -OCH3 is 2. The molecular formula is C20H24N2O3. The zero-order valence-corrected chi connectivity index (χ0v) is 14.7. The molecule has 0 spiro atoms. The van der Waals surface area contributed by atoms with Crippen molar-refractivity contribution in [2.45, 2.75) is 19.4 Å². The molecule has 1 aliphatic heterocycles. The summed E-state index contributed by atoms with van der Waals surface area (Å²) in [4.78, 5) is 14.3. The number of amides is 1. The molecule has 132 valence electrons. The van der Waals surface area contributed by atoms with Crippen LogP contribution in [0.1, 0.15) is 28.8 Å². The van der Waals surface area contributed by atoms with E-state index in [0.29, 0.717) is 6.54 Å². The summed E-state index contributed by atoms with van der Waals surface area (Å²) in [6.45, 7) is 2.35. The molecule has 5 nitrogen and oxygen atoms in total. The minimum absolute atomic E-state index is 0.124. The summed E-state index contributed by atoms with van der Waals surface area (Å²) in [5.74, 6) is 1.73. The number of benzene rings is 2. The van der Waals surface area contributed by atoms with Crippen LogP contribution in [0.4, 0.5) is 5.69 Å². The topological polar surface area (TPSA) is 50.8 Å². The monoisotopic (exact) mass is 340 g/mol. The first kappa shape index (κ1) is 17.1. The van der Waals surface area contributed by atoms with E-state index in [2.05, 4.69) is 5.32 Å². The molecule has 1 amide bonds. The molecule has 0 atom stereocenters. The van der Waals surface area contributed by atoms with E-state index in [9.17, 15) is 4.79 Å². The van der Waals surface area contributed by atoms with Crippen LogP contribution < -0.4 is 14.8 Å². The maximum atomic E-state index is 12.4. The largest absolute Gasteiger partial charge is 0.497 e. The van der Waals surface area contributed by atoms with Crippen molar-refractivity contribution in [2.75, 3.05) is 32.6 Å². The van der Waals surface area contributed by atoms with Gasteiger partial charge in [0.05, 0.1) is 14.2 Å². The second-order valence-corrected chi connectivity index (χ2v) is 6.11. The van der Waals surface area contributed by atoms with E-state index in [-0.39, 0.29) is 5.91 Å². The fourth-order valence-corrected chi connectivity index (χ4v) is 3.05. The molecule has 0 unspecified atom stereocenters. The van der Waals surface area contributed by atoms with E-state index in [4.69, 9.17) is 9.47 Å². The van der Waals surface area contributed by atoms with Crippen LogP contribution in [0.5, 0.6) is 11.5 Å². The molecule has 2 aromatic rings. The summed E-state index contributed by atoms with van der Waals surface area (Å²) in [6, 6.07) is 13.4. The summed E-state index contributed by atoms with van der Waals surface area (Å²) >= 11 is 0. The second kappa shape index (κ2) is 7.92. The number of likely N-dealkylation sites (tertiary alicyclic amines) is 1. The number of anilines is 1. The summed E-state index contributed by atoms with van der Waals surface area (Å²) < 4.78 is 10.7. The van der Waals surface area contributed by atoms with Gasteiger partial charge in [0, 0.05) is 36.4 Å². The molecule has 1 saturated heterocycles. The third-order valence-electron chi connectivity index (χ3n) is 4.50. The number of nitrogens with zero attached hydrogens (tertiary/aromatic N) is 1. The van der Waals surface area contributed by atoms with E-state index in [1.54, 1.807) is 14.2 Å². The summed E-state index contributed by atoms with van der Waals surface area (Å²) in [6.07, 6.45) is 2.21. The predicted octanol–water partition coefficient (Wildman–Crippen LogP) is 3.55. The highest BCUT2D eigenvalue weighted by Gasteiger charge is 2.19. The van der Waals surface area contributed by atoms with Crippen molar-refractivity contribution in [1.29, 1.82) is 0 Å². The third kappa shape index (κ3) is 4.05. The Kier molecular flexibility index (Phi) is 5.43. The zero-order valence-electron chi connectivity index (χ0n) is 14.7. The maximum absolute atomic E-state index is 12.4. The molecule has 0 aliphatic carbocycles. The molecule has 3 rings (SSSR count). The molecule has 0 bridgehead atoms. The van der Waals surface area contributed by atoms with Crippen molar-refractivity contribution in [3.8, 4) is 11.5 Å². The number of hydrogen-bond donors (Lipinski definition) is 1. The summed E-state index contributed by atoms with van der Waals surface area (Å²) in [5, 5.41) is 3.36. The Labute approximate surface area is 148 Å². The smallest absolute Gasteiger partial charge is 0.253 e. The normalized spacial score (nSPS) is 13.6. The van der Waals surface area contributed by atoms with Crippen molar-refractivity contribution < 1.29 is 14.3 Å². The minimum Gasteiger partial charge on any atom is -0.497 e. The average molecular weight is 340 g/mol. The van der Waals surface area contributed by atoms with Gasteiger partial charge >= 0.3 is 0 Å². The maximum Gasteiger partial charge on any atom is 0.253 e. The molecule has 0 radical (unpaired) electrons. The van der Waals surface area contributed by atoms with Gasteiger partial charge in [0.15, 0.2) is 0 Å². The van der Waals surface area contributed by atoms with E-state index in [1.165, 1.54) is 0 Å². The van der Waals surface area contributed by atoms with Crippen LogP contribution in [0.2, 0.25) is 0 Å². The van der Waals surface area contributed by atoms with Crippen LogP contribution in [-0.2, 0) is 6.54 Å². The number of carbonyl (C=O) groups excluding carboxylic acids is 1. The van der Waals surface area contributed by atoms with Crippen LogP contribution in [0, 0.1) is 0 Å².